The number of pyridine rings is 1. The van der Waals surface area contributed by atoms with Gasteiger partial charge in [0.1, 0.15) is 23.6 Å². The summed E-state index contributed by atoms with van der Waals surface area (Å²) in [5.41, 5.74) is 3.17. The highest BCUT2D eigenvalue weighted by atomic mass is 16.5. The van der Waals surface area contributed by atoms with Crippen LogP contribution in [0.3, 0.4) is 0 Å². The van der Waals surface area contributed by atoms with E-state index in [1.165, 1.54) is 6.33 Å². The molecule has 2 heterocycles. The fourth-order valence-electron chi connectivity index (χ4n) is 3.73. The Morgan fingerprint density at radius 3 is 2.46 bits per heavy atom. The summed E-state index contributed by atoms with van der Waals surface area (Å²) >= 11 is 0. The molecular weight excluding hydrogens is 466 g/mol. The first kappa shape index (κ1) is 23.7. The van der Waals surface area contributed by atoms with Gasteiger partial charge in [-0.15, -0.1) is 0 Å². The highest BCUT2D eigenvalue weighted by Gasteiger charge is 2.15. The third-order valence-corrected chi connectivity index (χ3v) is 5.70. The molecule has 5 rings (SSSR count). The molecule has 8 heteroatoms. The molecule has 8 nitrogen and oxygen atoms in total. The first-order valence-electron chi connectivity index (χ1n) is 11.8. The number of rotatable bonds is 7. The Morgan fingerprint density at radius 2 is 1.70 bits per heavy atom. The van der Waals surface area contributed by atoms with Crippen molar-refractivity contribution in [3.63, 3.8) is 0 Å². The number of fused-ring (bicyclic) bond motifs is 1. The molecule has 37 heavy (non-hydrogen) atoms. The van der Waals surface area contributed by atoms with Gasteiger partial charge >= 0.3 is 0 Å². The zero-order valence-electron chi connectivity index (χ0n) is 20.3. The molecular formula is C29H25N5O3. The van der Waals surface area contributed by atoms with Crippen LogP contribution in [-0.4, -0.2) is 26.0 Å². The van der Waals surface area contributed by atoms with E-state index in [4.69, 9.17) is 4.74 Å². The Morgan fingerprint density at radius 1 is 0.919 bits per heavy atom. The largest absolute Gasteiger partial charge is 0.508 e. The number of carbonyl (C=O) groups is 1. The first-order chi connectivity index (χ1) is 18.0. The van der Waals surface area contributed by atoms with Crippen molar-refractivity contribution in [1.29, 1.82) is 0 Å². The summed E-state index contributed by atoms with van der Waals surface area (Å²) in [6, 6.07) is 24.7. The molecule has 0 saturated carbocycles. The number of phenols is 1. The number of hydrogen-bond acceptors (Lipinski definition) is 7. The van der Waals surface area contributed by atoms with E-state index >= 15 is 0 Å². The number of para-hydroxylation sites is 1. The average Bonchev–Trinajstić information content (AvgIpc) is 2.91. The number of hydrogen-bond donors (Lipinski definition) is 3. The number of phenolic OH excluding ortho intramolecular Hbond substituents is 1. The van der Waals surface area contributed by atoms with Gasteiger partial charge in [-0.25, -0.2) is 15.0 Å². The molecule has 0 fully saturated rings. The van der Waals surface area contributed by atoms with Crippen LogP contribution >= 0.6 is 0 Å². The summed E-state index contributed by atoms with van der Waals surface area (Å²) in [6.07, 6.45) is 1.45. The monoisotopic (exact) mass is 491 g/mol. The van der Waals surface area contributed by atoms with E-state index < -0.39 is 0 Å². The molecule has 0 spiro atoms. The number of aromatic hydroxyl groups is 1. The van der Waals surface area contributed by atoms with Crippen LogP contribution < -0.4 is 15.4 Å². The van der Waals surface area contributed by atoms with E-state index in [0.717, 1.165) is 11.1 Å². The minimum absolute atomic E-state index is 0.138. The molecule has 0 aliphatic heterocycles. The molecule has 1 amide bonds. The van der Waals surface area contributed by atoms with E-state index in [1.54, 1.807) is 42.5 Å². The Labute approximate surface area is 214 Å². The minimum atomic E-state index is -0.263. The lowest BCUT2D eigenvalue weighted by molar-refractivity contribution is 0.102. The van der Waals surface area contributed by atoms with Crippen molar-refractivity contribution in [2.24, 2.45) is 0 Å². The third-order valence-electron chi connectivity index (χ3n) is 5.70. The smallest absolute Gasteiger partial charge is 0.255 e. The number of benzene rings is 3. The second-order valence-electron chi connectivity index (χ2n) is 8.74. The van der Waals surface area contributed by atoms with Crippen LogP contribution in [0.25, 0.3) is 11.0 Å². The fourth-order valence-corrected chi connectivity index (χ4v) is 3.73. The van der Waals surface area contributed by atoms with E-state index in [0.29, 0.717) is 39.9 Å². The van der Waals surface area contributed by atoms with Gasteiger partial charge < -0.3 is 20.5 Å². The van der Waals surface area contributed by atoms with E-state index in [1.807, 2.05) is 42.5 Å². The highest BCUT2D eigenvalue weighted by molar-refractivity contribution is 6.05. The zero-order valence-corrected chi connectivity index (χ0v) is 20.3. The Kier molecular flexibility index (Phi) is 6.63. The van der Waals surface area contributed by atoms with Crippen molar-refractivity contribution < 1.29 is 14.6 Å². The van der Waals surface area contributed by atoms with Gasteiger partial charge in [-0.3, -0.25) is 4.79 Å². The topological polar surface area (TPSA) is 109 Å². The number of ether oxygens (including phenoxy) is 1. The number of nitrogens with zero attached hydrogens (tertiary/aromatic N) is 3. The summed E-state index contributed by atoms with van der Waals surface area (Å²) in [5, 5.41) is 16.6. The predicted octanol–water partition coefficient (Wildman–Crippen LogP) is 6.64. The second-order valence-corrected chi connectivity index (χ2v) is 8.74. The number of aromatic nitrogens is 3. The van der Waals surface area contributed by atoms with Crippen molar-refractivity contribution in [2.45, 2.75) is 19.8 Å². The Hall–Kier alpha value is -4.98. The normalized spacial score (nSPS) is 10.9. The van der Waals surface area contributed by atoms with Gasteiger partial charge in [0.15, 0.2) is 11.4 Å². The van der Waals surface area contributed by atoms with Crippen LogP contribution in [0.4, 0.5) is 17.2 Å². The number of amides is 1. The van der Waals surface area contributed by atoms with E-state index in [2.05, 4.69) is 39.4 Å². The number of nitrogens with one attached hydrogen (secondary N) is 2. The summed E-state index contributed by atoms with van der Waals surface area (Å²) in [7, 11) is 0. The van der Waals surface area contributed by atoms with Gasteiger partial charge in [-0.05, 0) is 72.6 Å². The van der Waals surface area contributed by atoms with Gasteiger partial charge in [-0.2, -0.15) is 0 Å². The Bertz CT molecular complexity index is 1550. The first-order valence-corrected chi connectivity index (χ1v) is 11.8. The lowest BCUT2D eigenvalue weighted by atomic mass is 10.1. The fraction of sp³-hybridized carbons (Fsp3) is 0.103. The van der Waals surface area contributed by atoms with Gasteiger partial charge in [0, 0.05) is 16.9 Å². The molecule has 3 N–H and O–H groups in total. The quantitative estimate of drug-likeness (QED) is 0.234. The molecule has 184 valence electrons. The van der Waals surface area contributed by atoms with Crippen molar-refractivity contribution >= 4 is 34.1 Å². The Balaban J connectivity index is 1.52. The second kappa shape index (κ2) is 10.3. The van der Waals surface area contributed by atoms with Crippen molar-refractivity contribution in [3.05, 3.63) is 103 Å². The molecule has 3 aromatic carbocycles. The van der Waals surface area contributed by atoms with E-state index in [9.17, 15) is 9.90 Å². The molecule has 0 bridgehead atoms. The molecule has 0 aliphatic carbocycles. The van der Waals surface area contributed by atoms with Crippen molar-refractivity contribution in [2.75, 3.05) is 10.6 Å². The van der Waals surface area contributed by atoms with Crippen LogP contribution in [0.15, 0.2) is 91.3 Å². The maximum Gasteiger partial charge on any atom is 0.255 e. The number of carbonyl (C=O) groups excluding carboxylic acids is 1. The zero-order chi connectivity index (χ0) is 25.8. The van der Waals surface area contributed by atoms with Crippen molar-refractivity contribution in [1.82, 2.24) is 15.0 Å². The van der Waals surface area contributed by atoms with E-state index in [-0.39, 0.29) is 17.6 Å². The molecule has 2 aromatic heterocycles. The maximum atomic E-state index is 13.0. The lowest BCUT2D eigenvalue weighted by Crippen LogP contribution is -2.12. The number of anilines is 3. The van der Waals surface area contributed by atoms with Gasteiger partial charge in [0.2, 0.25) is 0 Å². The SMILES string of the molecule is CC(C)c1ccc2c(Nc3cc(C(=O)Nc4ccccc4)ccc3Oc3ccc(O)cc3)ncnc2n1. The summed E-state index contributed by atoms with van der Waals surface area (Å²) < 4.78 is 6.09. The predicted molar refractivity (Wildman–Crippen MR) is 144 cm³/mol. The molecule has 0 saturated heterocycles. The van der Waals surface area contributed by atoms with Crippen LogP contribution in [0.2, 0.25) is 0 Å². The van der Waals surface area contributed by atoms with Gasteiger partial charge in [0.05, 0.1) is 11.1 Å². The van der Waals surface area contributed by atoms with Crippen LogP contribution in [-0.2, 0) is 0 Å². The summed E-state index contributed by atoms with van der Waals surface area (Å²) in [6.45, 7) is 4.15. The maximum absolute atomic E-state index is 13.0. The van der Waals surface area contributed by atoms with Gasteiger partial charge in [-0.1, -0.05) is 32.0 Å². The summed E-state index contributed by atoms with van der Waals surface area (Å²) in [5.74, 6) is 1.67. The highest BCUT2D eigenvalue weighted by Crippen LogP contribution is 2.34. The minimum Gasteiger partial charge on any atom is -0.508 e. The molecule has 0 atom stereocenters. The van der Waals surface area contributed by atoms with Crippen LogP contribution in [0, 0.1) is 0 Å². The van der Waals surface area contributed by atoms with Crippen LogP contribution in [0.5, 0.6) is 17.2 Å². The standard InChI is InChI=1S/C29H25N5O3/c1-18(2)24-14-13-23-27(33-24)30-17-31-28(23)34-25-16-19(29(36)32-20-6-4-3-5-7-20)8-15-26(25)37-22-11-9-21(35)10-12-22/h3-18,35H,1-2H3,(H,32,36)(H,30,31,33,34). The summed E-state index contributed by atoms with van der Waals surface area (Å²) in [4.78, 5) is 26.4. The molecule has 5 aromatic rings. The molecule has 0 aliphatic rings. The lowest BCUT2D eigenvalue weighted by Gasteiger charge is -2.16. The molecule has 0 unspecified atom stereocenters. The molecule has 0 radical (unpaired) electrons. The van der Waals surface area contributed by atoms with Crippen LogP contribution in [0.1, 0.15) is 35.8 Å². The third kappa shape index (κ3) is 5.48. The van der Waals surface area contributed by atoms with Crippen molar-refractivity contribution in [3.8, 4) is 17.2 Å². The average molecular weight is 492 g/mol. The van der Waals surface area contributed by atoms with Gasteiger partial charge in [0.25, 0.3) is 5.91 Å².